The van der Waals surface area contributed by atoms with Gasteiger partial charge in [-0.1, -0.05) is 30.3 Å². The number of benzene rings is 1. The summed E-state index contributed by atoms with van der Waals surface area (Å²) in [5, 5.41) is 3.60. The second-order valence-corrected chi connectivity index (χ2v) is 5.94. The molecule has 0 radical (unpaired) electrons. The number of imidazole rings is 1. The van der Waals surface area contributed by atoms with Crippen LogP contribution in [-0.4, -0.2) is 40.1 Å². The van der Waals surface area contributed by atoms with E-state index in [4.69, 9.17) is 0 Å². The van der Waals surface area contributed by atoms with Crippen molar-refractivity contribution in [2.75, 3.05) is 19.6 Å². The Kier molecular flexibility index (Phi) is 4.36. The molecule has 3 rings (SSSR count). The molecule has 2 heterocycles. The van der Waals surface area contributed by atoms with Crippen LogP contribution < -0.4 is 5.32 Å². The molecule has 0 spiro atoms. The lowest BCUT2D eigenvalue weighted by Gasteiger charge is -2.39. The fraction of sp³-hybridized carbons (Fsp3) is 0.471. The standard InChI is InChI=1S/C17H24N4/c1-14-13-21(10-8-17-18-9-11-20(17)2)16(12-19-14)15-6-4-3-5-7-15/h3-7,9,11,14,16,19H,8,10,12-13H2,1-2H3. The van der Waals surface area contributed by atoms with Gasteiger partial charge < -0.3 is 9.88 Å². The topological polar surface area (TPSA) is 33.1 Å². The quantitative estimate of drug-likeness (QED) is 0.932. The number of hydrogen-bond acceptors (Lipinski definition) is 3. The van der Waals surface area contributed by atoms with E-state index in [-0.39, 0.29) is 0 Å². The van der Waals surface area contributed by atoms with Crippen LogP contribution in [0.5, 0.6) is 0 Å². The molecule has 2 aromatic rings. The second-order valence-electron chi connectivity index (χ2n) is 5.94. The van der Waals surface area contributed by atoms with Crippen LogP contribution in [0.2, 0.25) is 0 Å². The highest BCUT2D eigenvalue weighted by Gasteiger charge is 2.26. The van der Waals surface area contributed by atoms with Crippen molar-refractivity contribution >= 4 is 0 Å². The first-order chi connectivity index (χ1) is 10.2. The maximum Gasteiger partial charge on any atom is 0.109 e. The van der Waals surface area contributed by atoms with Crippen molar-refractivity contribution < 1.29 is 0 Å². The molecule has 4 nitrogen and oxygen atoms in total. The molecule has 2 unspecified atom stereocenters. The lowest BCUT2D eigenvalue weighted by atomic mass is 10.0. The molecule has 1 aliphatic rings. The minimum atomic E-state index is 0.461. The third-order valence-corrected chi connectivity index (χ3v) is 4.34. The summed E-state index contributed by atoms with van der Waals surface area (Å²) >= 11 is 0. The molecule has 0 amide bonds. The number of nitrogens with one attached hydrogen (secondary N) is 1. The molecule has 1 aromatic carbocycles. The third kappa shape index (κ3) is 3.34. The van der Waals surface area contributed by atoms with Gasteiger partial charge in [-0.3, -0.25) is 4.90 Å². The molecule has 0 saturated carbocycles. The normalized spacial score (nSPS) is 23.3. The van der Waals surface area contributed by atoms with Gasteiger partial charge >= 0.3 is 0 Å². The van der Waals surface area contributed by atoms with E-state index in [1.165, 1.54) is 5.56 Å². The molecule has 1 aliphatic heterocycles. The number of aromatic nitrogens is 2. The monoisotopic (exact) mass is 284 g/mol. The molecule has 21 heavy (non-hydrogen) atoms. The van der Waals surface area contributed by atoms with E-state index in [1.807, 2.05) is 12.4 Å². The number of aryl methyl sites for hydroxylation is 1. The zero-order valence-electron chi connectivity index (χ0n) is 12.9. The first kappa shape index (κ1) is 14.3. The molecule has 1 saturated heterocycles. The number of nitrogens with zero attached hydrogens (tertiary/aromatic N) is 3. The van der Waals surface area contributed by atoms with Crippen LogP contribution in [0.1, 0.15) is 24.4 Å². The van der Waals surface area contributed by atoms with Crippen molar-refractivity contribution in [1.82, 2.24) is 19.8 Å². The lowest BCUT2D eigenvalue weighted by Crippen LogP contribution is -2.51. The van der Waals surface area contributed by atoms with Crippen LogP contribution in [0.3, 0.4) is 0 Å². The van der Waals surface area contributed by atoms with E-state index in [1.54, 1.807) is 0 Å². The van der Waals surface area contributed by atoms with E-state index < -0.39 is 0 Å². The molecule has 2 atom stereocenters. The van der Waals surface area contributed by atoms with Gasteiger partial charge in [0.1, 0.15) is 5.82 Å². The summed E-state index contributed by atoms with van der Waals surface area (Å²) in [5.74, 6) is 1.16. The highest BCUT2D eigenvalue weighted by atomic mass is 15.2. The van der Waals surface area contributed by atoms with Gasteiger partial charge in [-0.25, -0.2) is 4.98 Å². The van der Waals surface area contributed by atoms with Gasteiger partial charge in [0, 0.05) is 57.6 Å². The summed E-state index contributed by atoms with van der Waals surface area (Å²) in [6.07, 6.45) is 4.90. The van der Waals surface area contributed by atoms with Gasteiger partial charge in [-0.05, 0) is 12.5 Å². The second kappa shape index (κ2) is 6.41. The van der Waals surface area contributed by atoms with Crippen molar-refractivity contribution in [2.45, 2.75) is 25.4 Å². The van der Waals surface area contributed by atoms with Crippen LogP contribution >= 0.6 is 0 Å². The van der Waals surface area contributed by atoms with Crippen molar-refractivity contribution in [3.8, 4) is 0 Å². The summed E-state index contributed by atoms with van der Waals surface area (Å²) in [6.45, 7) is 5.42. The van der Waals surface area contributed by atoms with Gasteiger partial charge in [0.15, 0.2) is 0 Å². The zero-order chi connectivity index (χ0) is 14.7. The third-order valence-electron chi connectivity index (χ3n) is 4.34. The molecule has 1 aromatic heterocycles. The Morgan fingerprint density at radius 2 is 2.10 bits per heavy atom. The highest BCUT2D eigenvalue weighted by Crippen LogP contribution is 2.23. The number of hydrogen-bond donors (Lipinski definition) is 1. The van der Waals surface area contributed by atoms with Gasteiger partial charge in [0.2, 0.25) is 0 Å². The maximum absolute atomic E-state index is 4.44. The van der Waals surface area contributed by atoms with Crippen LogP contribution in [0.4, 0.5) is 0 Å². The summed E-state index contributed by atoms with van der Waals surface area (Å²) in [4.78, 5) is 7.03. The minimum Gasteiger partial charge on any atom is -0.338 e. The van der Waals surface area contributed by atoms with Crippen LogP contribution in [0.15, 0.2) is 42.7 Å². The van der Waals surface area contributed by atoms with Crippen molar-refractivity contribution in [3.05, 3.63) is 54.1 Å². The van der Waals surface area contributed by atoms with E-state index in [9.17, 15) is 0 Å². The molecule has 0 aliphatic carbocycles. The van der Waals surface area contributed by atoms with Gasteiger partial charge in [-0.2, -0.15) is 0 Å². The van der Waals surface area contributed by atoms with E-state index in [0.717, 1.165) is 31.9 Å². The molecule has 0 bridgehead atoms. The predicted octanol–water partition coefficient (Wildman–Crippen LogP) is 2.00. The molecular formula is C17H24N4. The number of rotatable bonds is 4. The fourth-order valence-corrected chi connectivity index (χ4v) is 3.12. The Hall–Kier alpha value is -1.65. The summed E-state index contributed by atoms with van der Waals surface area (Å²) in [7, 11) is 2.07. The van der Waals surface area contributed by atoms with Gasteiger partial charge in [-0.15, -0.1) is 0 Å². The SMILES string of the molecule is CC1CN(CCc2nccn2C)C(c2ccccc2)CN1. The molecule has 1 fully saturated rings. The largest absolute Gasteiger partial charge is 0.338 e. The predicted molar refractivity (Wildman–Crippen MR) is 85.1 cm³/mol. The Labute approximate surface area is 126 Å². The smallest absolute Gasteiger partial charge is 0.109 e. The minimum absolute atomic E-state index is 0.461. The maximum atomic E-state index is 4.44. The van der Waals surface area contributed by atoms with Crippen molar-refractivity contribution in [3.63, 3.8) is 0 Å². The van der Waals surface area contributed by atoms with E-state index in [2.05, 4.69) is 64.1 Å². The van der Waals surface area contributed by atoms with E-state index >= 15 is 0 Å². The Morgan fingerprint density at radius 3 is 2.81 bits per heavy atom. The average molecular weight is 284 g/mol. The molecule has 112 valence electrons. The zero-order valence-corrected chi connectivity index (χ0v) is 12.9. The van der Waals surface area contributed by atoms with Crippen LogP contribution in [0, 0.1) is 0 Å². The summed E-state index contributed by atoms with van der Waals surface area (Å²) in [6, 6.07) is 11.8. The first-order valence-electron chi connectivity index (χ1n) is 7.72. The molecule has 4 heteroatoms. The number of piperazine rings is 1. The molecule has 1 N–H and O–H groups in total. The van der Waals surface area contributed by atoms with Crippen molar-refractivity contribution in [1.29, 1.82) is 0 Å². The fourth-order valence-electron chi connectivity index (χ4n) is 3.12. The Bertz CT molecular complexity index is 563. The van der Waals surface area contributed by atoms with Crippen molar-refractivity contribution in [2.24, 2.45) is 7.05 Å². The summed E-state index contributed by atoms with van der Waals surface area (Å²) < 4.78 is 2.11. The van der Waals surface area contributed by atoms with Gasteiger partial charge in [0.05, 0.1) is 0 Å². The van der Waals surface area contributed by atoms with Gasteiger partial charge in [0.25, 0.3) is 0 Å². The first-order valence-corrected chi connectivity index (χ1v) is 7.72. The van der Waals surface area contributed by atoms with Crippen LogP contribution in [-0.2, 0) is 13.5 Å². The average Bonchev–Trinajstić information content (AvgIpc) is 2.91. The highest BCUT2D eigenvalue weighted by molar-refractivity contribution is 5.20. The molecular weight excluding hydrogens is 260 g/mol. The van der Waals surface area contributed by atoms with Crippen LogP contribution in [0.25, 0.3) is 0 Å². The summed E-state index contributed by atoms with van der Waals surface area (Å²) in [5.41, 5.74) is 1.40. The van der Waals surface area contributed by atoms with E-state index in [0.29, 0.717) is 12.1 Å². The Morgan fingerprint density at radius 1 is 1.29 bits per heavy atom. The lowest BCUT2D eigenvalue weighted by molar-refractivity contribution is 0.136. The Balaban J connectivity index is 1.71.